The molecule has 7 heteroatoms. The average molecular weight is 343 g/mol. The van der Waals surface area contributed by atoms with Crippen LogP contribution in [-0.4, -0.2) is 31.8 Å². The van der Waals surface area contributed by atoms with Crippen molar-refractivity contribution in [2.24, 2.45) is 0 Å². The molecule has 0 saturated heterocycles. The van der Waals surface area contributed by atoms with Gasteiger partial charge in [-0.1, -0.05) is 19.3 Å². The summed E-state index contributed by atoms with van der Waals surface area (Å²) in [5, 5.41) is 14.0. The lowest BCUT2D eigenvalue weighted by Crippen LogP contribution is -2.27. The fourth-order valence-electron chi connectivity index (χ4n) is 4.17. The van der Waals surface area contributed by atoms with Crippen molar-refractivity contribution in [3.63, 3.8) is 0 Å². The highest BCUT2D eigenvalue weighted by molar-refractivity contribution is 5.87. The van der Waals surface area contributed by atoms with Crippen LogP contribution in [0, 0.1) is 0 Å². The molecule has 2 heterocycles. The van der Waals surface area contributed by atoms with Crippen molar-refractivity contribution < 1.29 is 5.11 Å². The fourth-order valence-corrected chi connectivity index (χ4v) is 4.17. The van der Waals surface area contributed by atoms with Gasteiger partial charge in [0.1, 0.15) is 0 Å². The third-order valence-corrected chi connectivity index (χ3v) is 5.51. The van der Waals surface area contributed by atoms with E-state index in [1.807, 2.05) is 0 Å². The SMILES string of the molecule is Nc1cc(=O)n(C2CCC(O)C2)c2nc(NC3CCCCC3)ncc12. The summed E-state index contributed by atoms with van der Waals surface area (Å²) in [5.41, 5.74) is 6.83. The minimum atomic E-state index is -0.355. The molecule has 0 radical (unpaired) electrons. The summed E-state index contributed by atoms with van der Waals surface area (Å²) in [6.45, 7) is 0. The zero-order chi connectivity index (χ0) is 17.4. The van der Waals surface area contributed by atoms with E-state index in [9.17, 15) is 9.90 Å². The second-order valence-corrected chi connectivity index (χ2v) is 7.34. The number of aliphatic hydroxyl groups is 1. The van der Waals surface area contributed by atoms with E-state index in [-0.39, 0.29) is 17.7 Å². The van der Waals surface area contributed by atoms with Crippen LogP contribution in [0.15, 0.2) is 17.1 Å². The number of rotatable bonds is 3. The average Bonchev–Trinajstić information content (AvgIpc) is 3.01. The topological polar surface area (TPSA) is 106 Å². The quantitative estimate of drug-likeness (QED) is 0.789. The number of nitrogens with two attached hydrogens (primary N) is 1. The van der Waals surface area contributed by atoms with Crippen molar-refractivity contribution in [1.82, 2.24) is 14.5 Å². The molecule has 0 bridgehead atoms. The zero-order valence-corrected chi connectivity index (χ0v) is 14.3. The van der Waals surface area contributed by atoms with Crippen LogP contribution >= 0.6 is 0 Å². The number of hydrogen-bond acceptors (Lipinski definition) is 6. The van der Waals surface area contributed by atoms with E-state index in [1.165, 1.54) is 25.3 Å². The maximum Gasteiger partial charge on any atom is 0.254 e. The highest BCUT2D eigenvalue weighted by atomic mass is 16.3. The molecule has 4 N–H and O–H groups in total. The van der Waals surface area contributed by atoms with Crippen LogP contribution in [-0.2, 0) is 0 Å². The Morgan fingerprint density at radius 2 is 2.00 bits per heavy atom. The van der Waals surface area contributed by atoms with Gasteiger partial charge in [-0.15, -0.1) is 0 Å². The fraction of sp³-hybridized carbons (Fsp3) is 0.611. The van der Waals surface area contributed by atoms with Gasteiger partial charge in [0.2, 0.25) is 5.95 Å². The Labute approximate surface area is 146 Å². The summed E-state index contributed by atoms with van der Waals surface area (Å²) in [4.78, 5) is 21.6. The first-order chi connectivity index (χ1) is 12.1. The molecule has 0 spiro atoms. The van der Waals surface area contributed by atoms with Gasteiger partial charge < -0.3 is 16.2 Å². The number of pyridine rings is 1. The lowest BCUT2D eigenvalue weighted by Gasteiger charge is -2.23. The summed E-state index contributed by atoms with van der Waals surface area (Å²) in [6, 6.07) is 1.79. The van der Waals surface area contributed by atoms with Crippen molar-refractivity contribution in [2.45, 2.75) is 69.6 Å². The van der Waals surface area contributed by atoms with Crippen LogP contribution in [0.1, 0.15) is 57.4 Å². The Hall–Kier alpha value is -2.15. The monoisotopic (exact) mass is 343 g/mol. The molecular formula is C18H25N5O2. The molecule has 2 saturated carbocycles. The largest absolute Gasteiger partial charge is 0.398 e. The van der Waals surface area contributed by atoms with Gasteiger partial charge in [-0.25, -0.2) is 4.98 Å². The van der Waals surface area contributed by atoms with Gasteiger partial charge >= 0.3 is 0 Å². The van der Waals surface area contributed by atoms with Crippen LogP contribution in [0.4, 0.5) is 11.6 Å². The van der Waals surface area contributed by atoms with E-state index in [2.05, 4.69) is 15.3 Å². The lowest BCUT2D eigenvalue weighted by molar-refractivity contribution is 0.178. The Kier molecular flexibility index (Phi) is 4.33. The predicted molar refractivity (Wildman–Crippen MR) is 97.6 cm³/mol. The molecule has 2 aromatic heterocycles. The molecule has 0 aromatic carbocycles. The smallest absolute Gasteiger partial charge is 0.254 e. The Balaban J connectivity index is 1.74. The van der Waals surface area contributed by atoms with Gasteiger partial charge in [-0.3, -0.25) is 9.36 Å². The van der Waals surface area contributed by atoms with Gasteiger partial charge in [-0.2, -0.15) is 4.98 Å². The molecule has 4 rings (SSSR count). The second kappa shape index (κ2) is 6.63. The molecule has 2 aliphatic rings. The van der Waals surface area contributed by atoms with Crippen LogP contribution in [0.25, 0.3) is 11.0 Å². The van der Waals surface area contributed by atoms with Gasteiger partial charge in [0, 0.05) is 30.0 Å². The van der Waals surface area contributed by atoms with Gasteiger partial charge in [0.05, 0.1) is 11.5 Å². The predicted octanol–water partition coefficient (Wildman–Crippen LogP) is 2.20. The summed E-state index contributed by atoms with van der Waals surface area (Å²) < 4.78 is 1.69. The highest BCUT2D eigenvalue weighted by Crippen LogP contribution is 2.32. The van der Waals surface area contributed by atoms with Crippen molar-refractivity contribution in [1.29, 1.82) is 0 Å². The molecule has 2 atom stereocenters. The normalized spacial score (nSPS) is 24.7. The third-order valence-electron chi connectivity index (χ3n) is 5.51. The molecule has 2 aromatic rings. The number of nitrogen functional groups attached to an aromatic ring is 1. The molecule has 2 fully saturated rings. The van der Waals surface area contributed by atoms with E-state index in [0.29, 0.717) is 41.6 Å². The molecule has 134 valence electrons. The molecule has 0 amide bonds. The van der Waals surface area contributed by atoms with Crippen LogP contribution in [0.2, 0.25) is 0 Å². The Bertz CT molecular complexity index is 828. The summed E-state index contributed by atoms with van der Waals surface area (Å²) in [6.07, 6.45) is 9.39. The second-order valence-electron chi connectivity index (χ2n) is 7.34. The van der Waals surface area contributed by atoms with E-state index >= 15 is 0 Å². The standard InChI is InChI=1S/C18H25N5O2/c19-15-9-16(25)23(12-6-7-13(24)8-12)17-14(15)10-20-18(22-17)21-11-4-2-1-3-5-11/h9-13,24H,1-8,19H2,(H,20,21,22). The number of aliphatic hydroxyl groups excluding tert-OH is 1. The zero-order valence-electron chi connectivity index (χ0n) is 14.3. The Morgan fingerprint density at radius 3 is 2.72 bits per heavy atom. The lowest BCUT2D eigenvalue weighted by atomic mass is 9.96. The van der Waals surface area contributed by atoms with E-state index in [1.54, 1.807) is 10.8 Å². The third kappa shape index (κ3) is 3.20. The molecule has 0 aliphatic heterocycles. The van der Waals surface area contributed by atoms with Crippen LogP contribution in [0.3, 0.4) is 0 Å². The first-order valence-corrected chi connectivity index (χ1v) is 9.24. The molecule has 25 heavy (non-hydrogen) atoms. The number of hydrogen-bond donors (Lipinski definition) is 3. The van der Waals surface area contributed by atoms with E-state index in [0.717, 1.165) is 19.3 Å². The van der Waals surface area contributed by atoms with Crippen molar-refractivity contribution in [3.8, 4) is 0 Å². The molecule has 2 aliphatic carbocycles. The maximum atomic E-state index is 12.6. The number of nitrogens with zero attached hydrogens (tertiary/aromatic N) is 3. The van der Waals surface area contributed by atoms with E-state index < -0.39 is 0 Å². The molecular weight excluding hydrogens is 318 g/mol. The van der Waals surface area contributed by atoms with Crippen molar-refractivity contribution >= 4 is 22.7 Å². The van der Waals surface area contributed by atoms with Gasteiger partial charge in [0.15, 0.2) is 5.65 Å². The number of anilines is 2. The first-order valence-electron chi connectivity index (χ1n) is 9.24. The van der Waals surface area contributed by atoms with E-state index in [4.69, 9.17) is 5.73 Å². The number of fused-ring (bicyclic) bond motifs is 1. The Morgan fingerprint density at radius 1 is 1.20 bits per heavy atom. The summed E-state index contributed by atoms with van der Waals surface area (Å²) >= 11 is 0. The van der Waals surface area contributed by atoms with Gasteiger partial charge in [-0.05, 0) is 32.1 Å². The highest BCUT2D eigenvalue weighted by Gasteiger charge is 2.27. The number of aromatic nitrogens is 3. The summed E-state index contributed by atoms with van der Waals surface area (Å²) in [7, 11) is 0. The maximum absolute atomic E-state index is 12.6. The van der Waals surface area contributed by atoms with Gasteiger partial charge in [0.25, 0.3) is 5.56 Å². The number of nitrogens with one attached hydrogen (secondary N) is 1. The van der Waals surface area contributed by atoms with Crippen LogP contribution < -0.4 is 16.6 Å². The van der Waals surface area contributed by atoms with Crippen LogP contribution in [0.5, 0.6) is 0 Å². The minimum Gasteiger partial charge on any atom is -0.398 e. The van der Waals surface area contributed by atoms with Crippen molar-refractivity contribution in [3.05, 3.63) is 22.6 Å². The molecule has 7 nitrogen and oxygen atoms in total. The molecule has 2 unspecified atom stereocenters. The first kappa shape index (κ1) is 16.3. The minimum absolute atomic E-state index is 0.0389. The summed E-state index contributed by atoms with van der Waals surface area (Å²) in [5.74, 6) is 0.552. The van der Waals surface area contributed by atoms with Crippen molar-refractivity contribution in [2.75, 3.05) is 11.1 Å².